The Morgan fingerprint density at radius 1 is 1.17 bits per heavy atom. The Balaban J connectivity index is 3.02. The first-order chi connectivity index (χ1) is 8.34. The topological polar surface area (TPSA) is 20.2 Å². The molecule has 0 saturated heterocycles. The van der Waals surface area contributed by atoms with E-state index in [1.165, 1.54) is 0 Å². The van der Waals surface area contributed by atoms with Crippen LogP contribution >= 0.6 is 0 Å². The second kappa shape index (κ2) is 4.07. The van der Waals surface area contributed by atoms with Crippen LogP contribution in [0.1, 0.15) is 37.5 Å². The largest absolute Gasteiger partial charge is 0.508 e. The van der Waals surface area contributed by atoms with Crippen LogP contribution in [0.2, 0.25) is 0 Å². The maximum Gasteiger partial charge on any atom is 0.116 e. The van der Waals surface area contributed by atoms with Crippen molar-refractivity contribution in [1.82, 2.24) is 0 Å². The third-order valence-corrected chi connectivity index (χ3v) is 3.26. The average Bonchev–Trinajstić information content (AvgIpc) is 2.27. The van der Waals surface area contributed by atoms with E-state index in [9.17, 15) is 5.11 Å². The van der Waals surface area contributed by atoms with Crippen molar-refractivity contribution in [3.63, 3.8) is 0 Å². The number of benzene rings is 2. The summed E-state index contributed by atoms with van der Waals surface area (Å²) in [6.45, 7) is 8.41. The van der Waals surface area contributed by atoms with Crippen LogP contribution in [-0.4, -0.2) is 5.11 Å². The Bertz CT molecular complexity index is 652. The number of aryl methyl sites for hydroxylation is 1. The van der Waals surface area contributed by atoms with E-state index >= 15 is 0 Å². The van der Waals surface area contributed by atoms with Gasteiger partial charge in [-0.25, -0.2) is 0 Å². The molecule has 18 heavy (non-hydrogen) atoms. The molecule has 0 saturated carbocycles. The molecule has 0 bridgehead atoms. The second-order valence-electron chi connectivity index (χ2n) is 5.74. The lowest BCUT2D eigenvalue weighted by molar-refractivity contribution is 0.472. The monoisotopic (exact) mass is 238 g/mol. The zero-order valence-electron chi connectivity index (χ0n) is 11.3. The molecule has 0 unspecified atom stereocenters. The molecule has 0 spiro atoms. The van der Waals surface area contributed by atoms with Crippen LogP contribution in [0.4, 0.5) is 0 Å². The van der Waals surface area contributed by atoms with Crippen molar-refractivity contribution >= 4 is 10.8 Å². The van der Waals surface area contributed by atoms with Gasteiger partial charge in [0.25, 0.3) is 0 Å². The molecule has 2 rings (SSSR count). The highest BCUT2D eigenvalue weighted by atomic mass is 16.3. The summed E-state index contributed by atoms with van der Waals surface area (Å²) in [5.41, 5.74) is 3.06. The number of aromatic hydroxyl groups is 1. The lowest BCUT2D eigenvalue weighted by Gasteiger charge is -2.23. The van der Waals surface area contributed by atoms with E-state index in [-0.39, 0.29) is 5.41 Å². The van der Waals surface area contributed by atoms with Gasteiger partial charge < -0.3 is 5.11 Å². The highest BCUT2D eigenvalue weighted by Crippen LogP contribution is 2.36. The molecular weight excluding hydrogens is 220 g/mol. The summed E-state index contributed by atoms with van der Waals surface area (Å²) in [6.07, 6.45) is 5.65. The van der Waals surface area contributed by atoms with Crippen LogP contribution in [0.3, 0.4) is 0 Å². The first-order valence-electron chi connectivity index (χ1n) is 6.08. The number of hydrogen-bond donors (Lipinski definition) is 1. The zero-order chi connectivity index (χ0) is 13.5. The molecule has 0 radical (unpaired) electrons. The van der Waals surface area contributed by atoms with E-state index < -0.39 is 0 Å². The summed E-state index contributed by atoms with van der Waals surface area (Å²) < 4.78 is 0. The van der Waals surface area contributed by atoms with Crippen molar-refractivity contribution in [1.29, 1.82) is 0 Å². The van der Waals surface area contributed by atoms with Crippen LogP contribution in [0.5, 0.6) is 5.75 Å². The van der Waals surface area contributed by atoms with Gasteiger partial charge in [-0.2, -0.15) is 0 Å². The predicted molar refractivity (Wildman–Crippen MR) is 77.0 cm³/mol. The standard InChI is InChI=1S/C17H18O/c1-6-14-11(2)7-8-12-9-13(18)10-15(16(12)14)17(3,4)5/h1,7-10,18H,2-5H3. The normalized spacial score (nSPS) is 11.5. The highest BCUT2D eigenvalue weighted by molar-refractivity contribution is 5.94. The van der Waals surface area contributed by atoms with Gasteiger partial charge in [0.1, 0.15) is 5.75 Å². The first-order valence-corrected chi connectivity index (χ1v) is 6.08. The first kappa shape index (κ1) is 12.5. The quantitative estimate of drug-likeness (QED) is 0.684. The lowest BCUT2D eigenvalue weighted by atomic mass is 9.81. The van der Waals surface area contributed by atoms with E-state index in [0.29, 0.717) is 5.75 Å². The molecule has 1 N–H and O–H groups in total. The van der Waals surface area contributed by atoms with Crippen molar-refractivity contribution in [2.75, 3.05) is 0 Å². The molecule has 92 valence electrons. The summed E-state index contributed by atoms with van der Waals surface area (Å²) in [6, 6.07) is 7.61. The number of phenols is 1. The van der Waals surface area contributed by atoms with Gasteiger partial charge in [0.15, 0.2) is 0 Å². The molecule has 0 aliphatic heterocycles. The van der Waals surface area contributed by atoms with E-state index in [2.05, 4.69) is 26.7 Å². The SMILES string of the molecule is C#Cc1c(C)ccc2cc(O)cc(C(C)(C)C)c12. The van der Waals surface area contributed by atoms with Crippen molar-refractivity contribution in [2.45, 2.75) is 33.1 Å². The van der Waals surface area contributed by atoms with Crippen LogP contribution < -0.4 is 0 Å². The fourth-order valence-corrected chi connectivity index (χ4v) is 2.33. The summed E-state index contributed by atoms with van der Waals surface area (Å²) in [5.74, 6) is 3.08. The molecule has 2 aromatic rings. The lowest BCUT2D eigenvalue weighted by Crippen LogP contribution is -2.12. The minimum atomic E-state index is -0.0591. The number of fused-ring (bicyclic) bond motifs is 1. The van der Waals surface area contributed by atoms with Gasteiger partial charge in [0.2, 0.25) is 0 Å². The summed E-state index contributed by atoms with van der Waals surface area (Å²) in [5, 5.41) is 11.9. The Morgan fingerprint density at radius 2 is 1.83 bits per heavy atom. The average molecular weight is 238 g/mol. The molecule has 0 atom stereocenters. The predicted octanol–water partition coefficient (Wildman–Crippen LogP) is 4.13. The molecule has 1 nitrogen and oxygen atoms in total. The van der Waals surface area contributed by atoms with E-state index in [0.717, 1.165) is 27.5 Å². The second-order valence-corrected chi connectivity index (χ2v) is 5.74. The van der Waals surface area contributed by atoms with Crippen LogP contribution in [-0.2, 0) is 5.41 Å². The third kappa shape index (κ3) is 1.95. The molecule has 0 fully saturated rings. The Labute approximate surface area is 108 Å². The van der Waals surface area contributed by atoms with Gasteiger partial charge in [0, 0.05) is 10.9 Å². The fraction of sp³-hybridized carbons (Fsp3) is 0.294. The summed E-state index contributed by atoms with van der Waals surface area (Å²) in [7, 11) is 0. The maximum atomic E-state index is 9.86. The van der Waals surface area contributed by atoms with Gasteiger partial charge in [-0.3, -0.25) is 0 Å². The number of hydrogen-bond acceptors (Lipinski definition) is 1. The van der Waals surface area contributed by atoms with Crippen molar-refractivity contribution in [3.8, 4) is 18.1 Å². The minimum absolute atomic E-state index is 0.0591. The van der Waals surface area contributed by atoms with Crippen molar-refractivity contribution in [2.24, 2.45) is 0 Å². The highest BCUT2D eigenvalue weighted by Gasteiger charge is 2.20. The minimum Gasteiger partial charge on any atom is -0.508 e. The number of phenolic OH excluding ortho intramolecular Hbond substituents is 1. The molecule has 0 amide bonds. The number of terminal acetylenes is 1. The third-order valence-electron chi connectivity index (χ3n) is 3.26. The molecule has 0 aliphatic rings. The van der Waals surface area contributed by atoms with E-state index in [1.807, 2.05) is 25.1 Å². The smallest absolute Gasteiger partial charge is 0.116 e. The Morgan fingerprint density at radius 3 is 2.39 bits per heavy atom. The maximum absolute atomic E-state index is 9.86. The molecule has 0 aliphatic carbocycles. The molecule has 2 aromatic carbocycles. The van der Waals surface area contributed by atoms with Crippen molar-refractivity contribution in [3.05, 3.63) is 41.0 Å². The van der Waals surface area contributed by atoms with E-state index in [1.54, 1.807) is 6.07 Å². The molecular formula is C17H18O. The molecule has 0 aromatic heterocycles. The molecule has 1 heteroatoms. The summed E-state index contributed by atoms with van der Waals surface area (Å²) in [4.78, 5) is 0. The van der Waals surface area contributed by atoms with Gasteiger partial charge in [-0.15, -0.1) is 6.42 Å². The van der Waals surface area contributed by atoms with Crippen LogP contribution in [0.15, 0.2) is 24.3 Å². The summed E-state index contributed by atoms with van der Waals surface area (Å²) >= 11 is 0. The Kier molecular flexibility index (Phi) is 2.83. The zero-order valence-corrected chi connectivity index (χ0v) is 11.3. The van der Waals surface area contributed by atoms with E-state index in [4.69, 9.17) is 6.42 Å². The fourth-order valence-electron chi connectivity index (χ4n) is 2.33. The van der Waals surface area contributed by atoms with Gasteiger partial charge >= 0.3 is 0 Å². The van der Waals surface area contributed by atoms with Gasteiger partial charge in [-0.1, -0.05) is 38.8 Å². The van der Waals surface area contributed by atoms with Crippen LogP contribution in [0, 0.1) is 19.3 Å². The van der Waals surface area contributed by atoms with Crippen molar-refractivity contribution < 1.29 is 5.11 Å². The molecule has 0 heterocycles. The van der Waals surface area contributed by atoms with Gasteiger partial charge in [0.05, 0.1) is 0 Å². The van der Waals surface area contributed by atoms with Gasteiger partial charge in [-0.05, 0) is 41.0 Å². The number of rotatable bonds is 0. The van der Waals surface area contributed by atoms with Crippen LogP contribution in [0.25, 0.3) is 10.8 Å². The Hall–Kier alpha value is -1.94.